The van der Waals surface area contributed by atoms with E-state index in [0.29, 0.717) is 17.4 Å². The van der Waals surface area contributed by atoms with Gasteiger partial charge in [0.15, 0.2) is 0 Å². The second-order valence-electron chi connectivity index (χ2n) is 5.41. The molecule has 6 nitrogen and oxygen atoms in total. The Morgan fingerprint density at radius 3 is 2.62 bits per heavy atom. The summed E-state index contributed by atoms with van der Waals surface area (Å²) in [5.41, 5.74) is 1.33. The smallest absolute Gasteiger partial charge is 0.336 e. The Balaban J connectivity index is 1.92. The minimum atomic E-state index is -0.498. The highest BCUT2D eigenvalue weighted by Gasteiger charge is 2.19. The highest BCUT2D eigenvalue weighted by atomic mass is 16.6. The maximum Gasteiger partial charge on any atom is 0.336 e. The molecule has 122 valence electrons. The lowest BCUT2D eigenvalue weighted by atomic mass is 10.1. The second kappa shape index (κ2) is 6.54. The van der Waals surface area contributed by atoms with E-state index in [1.807, 2.05) is 30.3 Å². The molecule has 6 heteroatoms. The molecule has 24 heavy (non-hydrogen) atoms. The molecule has 0 N–H and O–H groups in total. The molecule has 0 fully saturated rings. The average molecular weight is 325 g/mol. The minimum Gasteiger partial charge on any atom is -0.486 e. The molecule has 0 aliphatic rings. The number of nitrogens with zero attached hydrogens (tertiary/aromatic N) is 1. The van der Waals surface area contributed by atoms with Gasteiger partial charge in [0, 0.05) is 30.0 Å². The topological polar surface area (TPSA) is 82.6 Å². The van der Waals surface area contributed by atoms with E-state index in [-0.39, 0.29) is 23.6 Å². The largest absolute Gasteiger partial charge is 0.486 e. The number of nitro benzene ring substituents is 1. The summed E-state index contributed by atoms with van der Waals surface area (Å²) in [6.45, 7) is 1.99. The van der Waals surface area contributed by atoms with E-state index >= 15 is 0 Å². The van der Waals surface area contributed by atoms with Gasteiger partial charge in [-0.1, -0.05) is 30.3 Å². The molecule has 0 saturated heterocycles. The van der Waals surface area contributed by atoms with Gasteiger partial charge in [-0.15, -0.1) is 0 Å². The van der Waals surface area contributed by atoms with Crippen LogP contribution in [-0.4, -0.2) is 11.5 Å². The van der Waals surface area contributed by atoms with Crippen LogP contribution in [0.25, 0.3) is 11.0 Å². The first-order valence-electron chi connectivity index (χ1n) is 7.44. The Morgan fingerprint density at radius 1 is 1.17 bits per heavy atom. The van der Waals surface area contributed by atoms with Crippen LogP contribution in [0.5, 0.6) is 5.75 Å². The quantitative estimate of drug-likeness (QED) is 0.406. The van der Waals surface area contributed by atoms with Gasteiger partial charge >= 0.3 is 11.3 Å². The Bertz CT molecular complexity index is 947. The number of hydrogen-bond donors (Lipinski definition) is 0. The summed E-state index contributed by atoms with van der Waals surface area (Å²) in [6, 6.07) is 13.8. The molecule has 2 aromatic carbocycles. The number of nitro groups is 1. The normalized spacial score (nSPS) is 10.7. The number of aryl methyl sites for hydroxylation is 1. The molecule has 3 rings (SSSR count). The summed E-state index contributed by atoms with van der Waals surface area (Å²) < 4.78 is 10.7. The summed E-state index contributed by atoms with van der Waals surface area (Å²) in [5.74, 6) is 0.0946. The molecule has 0 amide bonds. The minimum absolute atomic E-state index is 0.0946. The second-order valence-corrected chi connectivity index (χ2v) is 5.41. The number of rotatable bonds is 5. The summed E-state index contributed by atoms with van der Waals surface area (Å²) in [5, 5.41) is 11.8. The molecule has 1 heterocycles. The van der Waals surface area contributed by atoms with Crippen LogP contribution in [0, 0.1) is 17.0 Å². The molecular formula is C18H15NO5. The van der Waals surface area contributed by atoms with E-state index < -0.39 is 10.5 Å². The van der Waals surface area contributed by atoms with Crippen molar-refractivity contribution in [3.05, 3.63) is 80.2 Å². The van der Waals surface area contributed by atoms with E-state index in [4.69, 9.17) is 9.15 Å². The molecule has 0 radical (unpaired) electrons. The number of ether oxygens (including phenoxy) is 1. The highest BCUT2D eigenvalue weighted by Crippen LogP contribution is 2.33. The molecule has 0 saturated carbocycles. The number of hydrogen-bond acceptors (Lipinski definition) is 5. The fourth-order valence-corrected chi connectivity index (χ4v) is 2.52. The lowest BCUT2D eigenvalue weighted by molar-refractivity contribution is -0.385. The zero-order valence-electron chi connectivity index (χ0n) is 13.0. The summed E-state index contributed by atoms with van der Waals surface area (Å²) in [4.78, 5) is 22.3. The van der Waals surface area contributed by atoms with Crippen molar-refractivity contribution < 1.29 is 14.1 Å². The van der Waals surface area contributed by atoms with Gasteiger partial charge in [0.2, 0.25) is 5.75 Å². The number of benzene rings is 2. The maximum absolute atomic E-state index is 11.5. The molecule has 0 unspecified atom stereocenters. The van der Waals surface area contributed by atoms with Crippen molar-refractivity contribution in [1.82, 2.24) is 0 Å². The van der Waals surface area contributed by atoms with Crippen molar-refractivity contribution in [2.45, 2.75) is 13.3 Å². The zero-order chi connectivity index (χ0) is 17.1. The van der Waals surface area contributed by atoms with Crippen LogP contribution in [0.4, 0.5) is 5.69 Å². The van der Waals surface area contributed by atoms with E-state index in [1.54, 1.807) is 6.92 Å². The van der Waals surface area contributed by atoms with Crippen LogP contribution >= 0.6 is 0 Å². The molecule has 3 aromatic rings. The fraction of sp³-hybridized carbons (Fsp3) is 0.167. The summed E-state index contributed by atoms with van der Waals surface area (Å²) in [7, 11) is 0. The average Bonchev–Trinajstić information content (AvgIpc) is 2.55. The first kappa shape index (κ1) is 15.7. The molecule has 0 aliphatic carbocycles. The van der Waals surface area contributed by atoms with Crippen LogP contribution < -0.4 is 10.4 Å². The molecule has 0 bridgehead atoms. The monoisotopic (exact) mass is 325 g/mol. The van der Waals surface area contributed by atoms with Gasteiger partial charge in [0.1, 0.15) is 5.58 Å². The van der Waals surface area contributed by atoms with Crippen molar-refractivity contribution in [3.63, 3.8) is 0 Å². The third kappa shape index (κ3) is 3.27. The standard InChI is InChI=1S/C18H15NO5/c1-12-9-18(20)24-16-11-17(15(19(21)22)10-14(12)16)23-8-7-13-5-3-2-4-6-13/h2-6,9-11H,7-8H2,1H3. The fourth-order valence-electron chi connectivity index (χ4n) is 2.52. The van der Waals surface area contributed by atoms with Gasteiger partial charge in [-0.25, -0.2) is 4.79 Å². The van der Waals surface area contributed by atoms with Crippen molar-refractivity contribution >= 4 is 16.7 Å². The van der Waals surface area contributed by atoms with Crippen molar-refractivity contribution in [2.24, 2.45) is 0 Å². The van der Waals surface area contributed by atoms with Gasteiger partial charge < -0.3 is 9.15 Å². The van der Waals surface area contributed by atoms with Crippen LogP contribution in [-0.2, 0) is 6.42 Å². The van der Waals surface area contributed by atoms with Crippen LogP contribution in [0.15, 0.2) is 57.7 Å². The Morgan fingerprint density at radius 2 is 1.92 bits per heavy atom. The zero-order valence-corrected chi connectivity index (χ0v) is 13.0. The van der Waals surface area contributed by atoms with Crippen LogP contribution in [0.1, 0.15) is 11.1 Å². The number of fused-ring (bicyclic) bond motifs is 1. The van der Waals surface area contributed by atoms with E-state index in [9.17, 15) is 14.9 Å². The Kier molecular flexibility index (Phi) is 4.29. The lowest BCUT2D eigenvalue weighted by Crippen LogP contribution is -2.04. The summed E-state index contributed by atoms with van der Waals surface area (Å²) >= 11 is 0. The molecule has 0 atom stereocenters. The van der Waals surface area contributed by atoms with Gasteiger partial charge in [-0.3, -0.25) is 10.1 Å². The highest BCUT2D eigenvalue weighted by molar-refractivity contribution is 5.85. The molecular weight excluding hydrogens is 310 g/mol. The third-order valence-corrected chi connectivity index (χ3v) is 3.72. The van der Waals surface area contributed by atoms with Gasteiger partial charge in [0.05, 0.1) is 11.5 Å². The first-order chi connectivity index (χ1) is 11.5. The van der Waals surface area contributed by atoms with Gasteiger partial charge in [-0.05, 0) is 18.1 Å². The molecule has 0 aliphatic heterocycles. The van der Waals surface area contributed by atoms with E-state index in [1.165, 1.54) is 18.2 Å². The molecule has 0 spiro atoms. The Labute approximate surface area is 137 Å². The van der Waals surface area contributed by atoms with Crippen LogP contribution in [0.2, 0.25) is 0 Å². The predicted molar refractivity (Wildman–Crippen MR) is 89.5 cm³/mol. The van der Waals surface area contributed by atoms with E-state index in [0.717, 1.165) is 5.56 Å². The Hall–Kier alpha value is -3.15. The SMILES string of the molecule is Cc1cc(=O)oc2cc(OCCc3ccccc3)c([N+](=O)[O-])cc12. The van der Waals surface area contributed by atoms with Crippen molar-refractivity contribution in [3.8, 4) is 5.75 Å². The van der Waals surface area contributed by atoms with Crippen molar-refractivity contribution in [2.75, 3.05) is 6.61 Å². The van der Waals surface area contributed by atoms with Gasteiger partial charge in [0.25, 0.3) is 0 Å². The van der Waals surface area contributed by atoms with Crippen LogP contribution in [0.3, 0.4) is 0 Å². The van der Waals surface area contributed by atoms with E-state index in [2.05, 4.69) is 0 Å². The van der Waals surface area contributed by atoms with Gasteiger partial charge in [-0.2, -0.15) is 0 Å². The third-order valence-electron chi connectivity index (χ3n) is 3.72. The first-order valence-corrected chi connectivity index (χ1v) is 7.44. The predicted octanol–water partition coefficient (Wildman–Crippen LogP) is 3.63. The maximum atomic E-state index is 11.5. The lowest BCUT2D eigenvalue weighted by Gasteiger charge is -2.08. The van der Waals surface area contributed by atoms with Crippen molar-refractivity contribution in [1.29, 1.82) is 0 Å². The summed E-state index contributed by atoms with van der Waals surface area (Å²) in [6.07, 6.45) is 0.619. The molecule has 1 aromatic heterocycles.